The Bertz CT molecular complexity index is 598. The van der Waals surface area contributed by atoms with Gasteiger partial charge in [0.2, 0.25) is 0 Å². The summed E-state index contributed by atoms with van der Waals surface area (Å²) in [5.74, 6) is 2.98. The molecule has 0 spiro atoms. The minimum Gasteiger partial charge on any atom is -0.497 e. The molecule has 6 heteroatoms. The number of hydrogen-bond donors (Lipinski definition) is 1. The molecule has 1 N–H and O–H groups in total. The smallest absolute Gasteiger partial charge is 0.135 e. The molecule has 0 saturated carbocycles. The Morgan fingerprint density at radius 2 is 1.71 bits per heavy atom. The SMILES string of the molecule is CCCc1nc(Br)cc(Nc2cc(OC)cc(OC)c2)n1. The maximum atomic E-state index is 5.26. The van der Waals surface area contributed by atoms with Crippen molar-refractivity contribution >= 4 is 27.4 Å². The Kier molecular flexibility index (Phi) is 5.38. The Labute approximate surface area is 132 Å². The first-order valence-corrected chi connectivity index (χ1v) is 7.47. The fourth-order valence-electron chi connectivity index (χ4n) is 1.89. The van der Waals surface area contributed by atoms with Crippen molar-refractivity contribution in [3.8, 4) is 11.5 Å². The van der Waals surface area contributed by atoms with Crippen molar-refractivity contribution in [2.75, 3.05) is 19.5 Å². The van der Waals surface area contributed by atoms with Gasteiger partial charge >= 0.3 is 0 Å². The fourth-order valence-corrected chi connectivity index (χ4v) is 2.31. The van der Waals surface area contributed by atoms with Crippen molar-refractivity contribution in [3.63, 3.8) is 0 Å². The molecule has 0 unspecified atom stereocenters. The van der Waals surface area contributed by atoms with Crippen LogP contribution in [0.3, 0.4) is 0 Å². The topological polar surface area (TPSA) is 56.3 Å². The highest BCUT2D eigenvalue weighted by molar-refractivity contribution is 9.10. The summed E-state index contributed by atoms with van der Waals surface area (Å²) in [6.07, 6.45) is 1.85. The van der Waals surface area contributed by atoms with Crippen molar-refractivity contribution < 1.29 is 9.47 Å². The molecule has 0 atom stereocenters. The van der Waals surface area contributed by atoms with E-state index in [0.29, 0.717) is 0 Å². The molecule has 0 amide bonds. The standard InChI is InChI=1S/C15H18BrN3O2/c1-4-5-14-18-13(16)9-15(19-14)17-10-6-11(20-2)8-12(7-10)21-3/h6-9H,4-5H2,1-3H3,(H,17,18,19). The van der Waals surface area contributed by atoms with E-state index in [1.54, 1.807) is 14.2 Å². The molecule has 0 fully saturated rings. The van der Waals surface area contributed by atoms with Crippen molar-refractivity contribution in [2.24, 2.45) is 0 Å². The van der Waals surface area contributed by atoms with Crippen molar-refractivity contribution in [1.82, 2.24) is 9.97 Å². The third-order valence-electron chi connectivity index (χ3n) is 2.84. The maximum Gasteiger partial charge on any atom is 0.135 e. The molecule has 0 radical (unpaired) electrons. The molecule has 1 heterocycles. The summed E-state index contributed by atoms with van der Waals surface area (Å²) in [6, 6.07) is 7.44. The number of anilines is 2. The normalized spacial score (nSPS) is 10.3. The molecule has 0 aliphatic rings. The zero-order valence-corrected chi connectivity index (χ0v) is 13.9. The van der Waals surface area contributed by atoms with Crippen molar-refractivity contribution in [3.05, 3.63) is 34.7 Å². The summed E-state index contributed by atoms with van der Waals surface area (Å²) < 4.78 is 11.3. The molecule has 1 aromatic carbocycles. The highest BCUT2D eigenvalue weighted by Gasteiger charge is 2.06. The lowest BCUT2D eigenvalue weighted by atomic mass is 10.2. The first-order valence-electron chi connectivity index (χ1n) is 6.68. The lowest BCUT2D eigenvalue weighted by Gasteiger charge is -2.11. The van der Waals surface area contributed by atoms with Crippen LogP contribution in [-0.4, -0.2) is 24.2 Å². The molecule has 112 valence electrons. The van der Waals surface area contributed by atoms with Crippen molar-refractivity contribution in [2.45, 2.75) is 19.8 Å². The van der Waals surface area contributed by atoms with Gasteiger partial charge in [-0.05, 0) is 22.4 Å². The van der Waals surface area contributed by atoms with Gasteiger partial charge in [-0.3, -0.25) is 0 Å². The monoisotopic (exact) mass is 351 g/mol. The summed E-state index contributed by atoms with van der Waals surface area (Å²) in [4.78, 5) is 8.84. The second kappa shape index (κ2) is 7.26. The van der Waals surface area contributed by atoms with Gasteiger partial charge in [-0.15, -0.1) is 0 Å². The summed E-state index contributed by atoms with van der Waals surface area (Å²) in [5.41, 5.74) is 0.847. The van der Waals surface area contributed by atoms with E-state index < -0.39 is 0 Å². The quantitative estimate of drug-likeness (QED) is 0.798. The summed E-state index contributed by atoms with van der Waals surface area (Å²) >= 11 is 3.41. The van der Waals surface area contributed by atoms with Gasteiger partial charge in [-0.2, -0.15) is 0 Å². The van der Waals surface area contributed by atoms with E-state index in [1.807, 2.05) is 24.3 Å². The van der Waals surface area contributed by atoms with E-state index in [4.69, 9.17) is 9.47 Å². The summed E-state index contributed by atoms with van der Waals surface area (Å²) in [7, 11) is 3.25. The number of aryl methyl sites for hydroxylation is 1. The average Bonchev–Trinajstić information content (AvgIpc) is 2.46. The average molecular weight is 352 g/mol. The highest BCUT2D eigenvalue weighted by atomic mass is 79.9. The number of benzene rings is 1. The second-order valence-electron chi connectivity index (χ2n) is 4.47. The van der Waals surface area contributed by atoms with E-state index in [0.717, 1.165) is 46.3 Å². The van der Waals surface area contributed by atoms with Gasteiger partial charge in [0, 0.05) is 36.4 Å². The maximum absolute atomic E-state index is 5.26. The molecule has 0 aliphatic heterocycles. The molecule has 2 aromatic rings. The fraction of sp³-hybridized carbons (Fsp3) is 0.333. The van der Waals surface area contributed by atoms with Crippen LogP contribution < -0.4 is 14.8 Å². The number of aromatic nitrogens is 2. The molecule has 2 rings (SSSR count). The Hall–Kier alpha value is -1.82. The van der Waals surface area contributed by atoms with E-state index in [9.17, 15) is 0 Å². The largest absolute Gasteiger partial charge is 0.497 e. The molecular weight excluding hydrogens is 334 g/mol. The van der Waals surface area contributed by atoms with Crippen LogP contribution in [0.4, 0.5) is 11.5 Å². The minimum absolute atomic E-state index is 0.721. The Morgan fingerprint density at radius 3 is 2.29 bits per heavy atom. The van der Waals surface area contributed by atoms with Crippen LogP contribution in [0.1, 0.15) is 19.2 Å². The van der Waals surface area contributed by atoms with Gasteiger partial charge in [0.05, 0.1) is 14.2 Å². The number of halogens is 1. The zero-order chi connectivity index (χ0) is 15.2. The molecule has 5 nitrogen and oxygen atoms in total. The molecule has 0 saturated heterocycles. The minimum atomic E-state index is 0.721. The van der Waals surface area contributed by atoms with Crippen molar-refractivity contribution in [1.29, 1.82) is 0 Å². The van der Waals surface area contributed by atoms with Gasteiger partial charge in [-0.1, -0.05) is 6.92 Å². The first kappa shape index (κ1) is 15.6. The van der Waals surface area contributed by atoms with Gasteiger partial charge in [0.15, 0.2) is 0 Å². The number of nitrogens with zero attached hydrogens (tertiary/aromatic N) is 2. The van der Waals surface area contributed by atoms with Gasteiger partial charge < -0.3 is 14.8 Å². The number of ether oxygens (including phenoxy) is 2. The molecular formula is C15H18BrN3O2. The number of nitrogens with one attached hydrogen (secondary N) is 1. The second-order valence-corrected chi connectivity index (χ2v) is 5.28. The molecule has 21 heavy (non-hydrogen) atoms. The van der Waals surface area contributed by atoms with Gasteiger partial charge in [0.25, 0.3) is 0 Å². The van der Waals surface area contributed by atoms with Gasteiger partial charge in [-0.25, -0.2) is 9.97 Å². The highest BCUT2D eigenvalue weighted by Crippen LogP contribution is 2.28. The van der Waals surface area contributed by atoms with E-state index in [1.165, 1.54) is 0 Å². The lowest BCUT2D eigenvalue weighted by molar-refractivity contribution is 0.395. The number of hydrogen-bond acceptors (Lipinski definition) is 5. The summed E-state index contributed by atoms with van der Waals surface area (Å²) in [6.45, 7) is 2.10. The molecule has 0 aliphatic carbocycles. The number of methoxy groups -OCH3 is 2. The molecule has 1 aromatic heterocycles. The number of rotatable bonds is 6. The van der Waals surface area contributed by atoms with Gasteiger partial charge in [0.1, 0.15) is 27.7 Å². The van der Waals surface area contributed by atoms with Crippen LogP contribution in [0.2, 0.25) is 0 Å². The third-order valence-corrected chi connectivity index (χ3v) is 3.24. The van der Waals surface area contributed by atoms with Crippen LogP contribution in [0.5, 0.6) is 11.5 Å². The lowest BCUT2D eigenvalue weighted by Crippen LogP contribution is -2.01. The zero-order valence-electron chi connectivity index (χ0n) is 12.3. The predicted octanol–water partition coefficient (Wildman–Crippen LogP) is 3.95. The van der Waals surface area contributed by atoms with E-state index in [2.05, 4.69) is 38.1 Å². The third kappa shape index (κ3) is 4.32. The van der Waals surface area contributed by atoms with Crippen LogP contribution in [0.25, 0.3) is 0 Å². The van der Waals surface area contributed by atoms with Crippen LogP contribution in [0.15, 0.2) is 28.9 Å². The van der Waals surface area contributed by atoms with Crippen LogP contribution >= 0.6 is 15.9 Å². The van der Waals surface area contributed by atoms with E-state index in [-0.39, 0.29) is 0 Å². The Balaban J connectivity index is 2.28. The summed E-state index contributed by atoms with van der Waals surface area (Å²) in [5, 5.41) is 3.25. The van der Waals surface area contributed by atoms with Crippen LogP contribution in [-0.2, 0) is 6.42 Å². The molecule has 0 bridgehead atoms. The predicted molar refractivity (Wildman–Crippen MR) is 86.6 cm³/mol. The van der Waals surface area contributed by atoms with E-state index >= 15 is 0 Å². The van der Waals surface area contributed by atoms with Crippen LogP contribution in [0, 0.1) is 0 Å². The first-order chi connectivity index (χ1) is 10.1. The Morgan fingerprint density at radius 1 is 1.05 bits per heavy atom.